The summed E-state index contributed by atoms with van der Waals surface area (Å²) in [6, 6.07) is 12.8. The number of aromatic carboxylic acids is 1. The molecule has 0 unspecified atom stereocenters. The third kappa shape index (κ3) is 5.56. The lowest BCUT2D eigenvalue weighted by Gasteiger charge is -2.13. The predicted octanol–water partition coefficient (Wildman–Crippen LogP) is 3.69. The number of hydrogen-bond acceptors (Lipinski definition) is 4. The smallest absolute Gasteiger partial charge is 0.335 e. The molecule has 1 amide bonds. The molecule has 2 aromatic rings. The van der Waals surface area contributed by atoms with Gasteiger partial charge in [-0.05, 0) is 74.1 Å². The largest absolute Gasteiger partial charge is 0.491 e. The van der Waals surface area contributed by atoms with Gasteiger partial charge in [0.1, 0.15) is 5.75 Å². The highest BCUT2D eigenvalue weighted by Crippen LogP contribution is 2.15. The van der Waals surface area contributed by atoms with Crippen molar-refractivity contribution in [3.05, 3.63) is 59.7 Å². The predicted molar refractivity (Wildman–Crippen MR) is 104 cm³/mol. The number of carbonyl (C=O) groups is 2. The quantitative estimate of drug-likeness (QED) is 0.671. The summed E-state index contributed by atoms with van der Waals surface area (Å²) in [5, 5.41) is 14.4. The summed E-state index contributed by atoms with van der Waals surface area (Å²) >= 11 is 5.11. The molecular weight excluding hydrogens is 352 g/mol. The van der Waals surface area contributed by atoms with Crippen molar-refractivity contribution in [2.75, 3.05) is 5.32 Å². The van der Waals surface area contributed by atoms with E-state index in [1.807, 2.05) is 13.8 Å². The molecule has 0 aliphatic heterocycles. The van der Waals surface area contributed by atoms with E-state index in [2.05, 4.69) is 10.6 Å². The Labute approximate surface area is 157 Å². The van der Waals surface area contributed by atoms with Gasteiger partial charge in [0.15, 0.2) is 5.11 Å². The highest BCUT2D eigenvalue weighted by molar-refractivity contribution is 7.80. The first kappa shape index (κ1) is 19.4. The number of rotatable bonds is 6. The molecule has 6 nitrogen and oxygen atoms in total. The van der Waals surface area contributed by atoms with Crippen LogP contribution in [0.5, 0.6) is 5.75 Å². The summed E-state index contributed by atoms with van der Waals surface area (Å²) in [4.78, 5) is 23.0. The topological polar surface area (TPSA) is 87.7 Å². The van der Waals surface area contributed by atoms with Gasteiger partial charge in [0, 0.05) is 11.3 Å². The maximum absolute atomic E-state index is 12.2. The van der Waals surface area contributed by atoms with Gasteiger partial charge >= 0.3 is 5.97 Å². The van der Waals surface area contributed by atoms with Crippen molar-refractivity contribution >= 4 is 34.9 Å². The van der Waals surface area contributed by atoms with Gasteiger partial charge in [0.25, 0.3) is 5.91 Å². The zero-order valence-corrected chi connectivity index (χ0v) is 15.3. The number of nitrogens with one attached hydrogen (secondary N) is 2. The van der Waals surface area contributed by atoms with E-state index in [1.165, 1.54) is 12.1 Å². The molecular formula is C19H20N2O4S. The average molecular weight is 372 g/mol. The number of thiocarbonyl (C=S) groups is 1. The fraction of sp³-hybridized carbons (Fsp3) is 0.211. The molecule has 0 saturated heterocycles. The maximum atomic E-state index is 12.2. The number of ether oxygens (including phenoxy) is 1. The van der Waals surface area contributed by atoms with Crippen LogP contribution in [0.1, 0.15) is 41.0 Å². The van der Waals surface area contributed by atoms with Crippen molar-refractivity contribution in [3.63, 3.8) is 0 Å². The Morgan fingerprint density at radius 1 is 1.08 bits per heavy atom. The summed E-state index contributed by atoms with van der Waals surface area (Å²) in [5.41, 5.74) is 1.20. The van der Waals surface area contributed by atoms with E-state index in [-0.39, 0.29) is 22.7 Å². The van der Waals surface area contributed by atoms with Crippen LogP contribution in [-0.2, 0) is 0 Å². The Balaban J connectivity index is 1.92. The lowest BCUT2D eigenvalue weighted by molar-refractivity contribution is 0.0696. The van der Waals surface area contributed by atoms with Crippen LogP contribution in [0.2, 0.25) is 0 Å². The monoisotopic (exact) mass is 372 g/mol. The molecule has 0 saturated carbocycles. The molecule has 0 radical (unpaired) electrons. The van der Waals surface area contributed by atoms with Crippen LogP contribution in [0, 0.1) is 0 Å². The van der Waals surface area contributed by atoms with E-state index >= 15 is 0 Å². The number of carbonyl (C=O) groups excluding carboxylic acids is 1. The molecule has 3 N–H and O–H groups in total. The van der Waals surface area contributed by atoms with E-state index in [0.29, 0.717) is 17.0 Å². The highest BCUT2D eigenvalue weighted by Gasteiger charge is 2.09. The summed E-state index contributed by atoms with van der Waals surface area (Å²) in [6.07, 6.45) is 1.01. The fourth-order valence-electron chi connectivity index (χ4n) is 2.03. The Hall–Kier alpha value is -2.93. The van der Waals surface area contributed by atoms with Gasteiger partial charge in [-0.2, -0.15) is 0 Å². The number of carboxylic acid groups (broad SMARTS) is 1. The van der Waals surface area contributed by atoms with Gasteiger partial charge in [0.2, 0.25) is 0 Å². The average Bonchev–Trinajstić information content (AvgIpc) is 2.62. The van der Waals surface area contributed by atoms with Crippen LogP contribution in [0.3, 0.4) is 0 Å². The standard InChI is InChI=1S/C19H20N2O4S/c1-3-12(2)25-16-10-6-13(7-11-16)17(22)21-19(26)20-15-8-4-14(5-9-15)18(23)24/h4-12H,3H2,1-2H3,(H,23,24)(H2,20,21,22,26)/t12-/m1/s1. The molecule has 2 rings (SSSR count). The second kappa shape index (κ2) is 8.96. The van der Waals surface area contributed by atoms with Gasteiger partial charge in [-0.1, -0.05) is 6.92 Å². The molecule has 0 aromatic heterocycles. The van der Waals surface area contributed by atoms with Crippen molar-refractivity contribution in [2.45, 2.75) is 26.4 Å². The van der Waals surface area contributed by atoms with Crippen LogP contribution in [0.4, 0.5) is 5.69 Å². The summed E-state index contributed by atoms with van der Waals surface area (Å²) in [6.45, 7) is 4.02. The minimum absolute atomic E-state index is 0.110. The Morgan fingerprint density at radius 3 is 2.19 bits per heavy atom. The Bertz CT molecular complexity index is 788. The van der Waals surface area contributed by atoms with Crippen molar-refractivity contribution < 1.29 is 19.4 Å². The van der Waals surface area contributed by atoms with E-state index in [9.17, 15) is 9.59 Å². The van der Waals surface area contributed by atoms with E-state index in [1.54, 1.807) is 36.4 Å². The zero-order valence-electron chi connectivity index (χ0n) is 14.5. The molecule has 0 heterocycles. The second-order valence-corrected chi connectivity index (χ2v) is 6.06. The van der Waals surface area contributed by atoms with Crippen LogP contribution >= 0.6 is 12.2 Å². The minimum atomic E-state index is -1.01. The molecule has 0 aliphatic rings. The summed E-state index contributed by atoms with van der Waals surface area (Å²) in [5.74, 6) is -0.650. The molecule has 2 aromatic carbocycles. The first-order valence-electron chi connectivity index (χ1n) is 8.11. The van der Waals surface area contributed by atoms with Gasteiger partial charge in [-0.3, -0.25) is 10.1 Å². The second-order valence-electron chi connectivity index (χ2n) is 5.65. The fourth-order valence-corrected chi connectivity index (χ4v) is 2.24. The van der Waals surface area contributed by atoms with Gasteiger partial charge in [-0.15, -0.1) is 0 Å². The lowest BCUT2D eigenvalue weighted by atomic mass is 10.2. The first-order valence-corrected chi connectivity index (χ1v) is 8.52. The van der Waals surface area contributed by atoms with Gasteiger partial charge in [-0.25, -0.2) is 4.79 Å². The molecule has 26 heavy (non-hydrogen) atoms. The zero-order chi connectivity index (χ0) is 19.1. The first-order chi connectivity index (χ1) is 12.4. The van der Waals surface area contributed by atoms with E-state index in [4.69, 9.17) is 22.1 Å². The van der Waals surface area contributed by atoms with Gasteiger partial charge < -0.3 is 15.2 Å². The normalized spacial score (nSPS) is 11.3. The van der Waals surface area contributed by atoms with Crippen LogP contribution < -0.4 is 15.4 Å². The number of carboxylic acids is 1. The SMILES string of the molecule is CC[C@@H](C)Oc1ccc(C(=O)NC(=S)Nc2ccc(C(=O)O)cc2)cc1. The Morgan fingerprint density at radius 2 is 1.65 bits per heavy atom. The number of benzene rings is 2. The summed E-state index contributed by atoms with van der Waals surface area (Å²) in [7, 11) is 0. The molecule has 0 spiro atoms. The van der Waals surface area contributed by atoms with Crippen molar-refractivity contribution in [1.82, 2.24) is 5.32 Å². The van der Waals surface area contributed by atoms with Crippen LogP contribution in [0.25, 0.3) is 0 Å². The van der Waals surface area contributed by atoms with Gasteiger partial charge in [0.05, 0.1) is 11.7 Å². The molecule has 0 fully saturated rings. The van der Waals surface area contributed by atoms with Crippen molar-refractivity contribution in [2.24, 2.45) is 0 Å². The molecule has 1 atom stereocenters. The molecule has 0 aliphatic carbocycles. The van der Waals surface area contributed by atoms with Crippen molar-refractivity contribution in [1.29, 1.82) is 0 Å². The highest BCUT2D eigenvalue weighted by atomic mass is 32.1. The third-order valence-electron chi connectivity index (χ3n) is 3.65. The number of amides is 1. The maximum Gasteiger partial charge on any atom is 0.335 e. The summed E-state index contributed by atoms with van der Waals surface area (Å²) < 4.78 is 5.67. The van der Waals surface area contributed by atoms with Crippen molar-refractivity contribution in [3.8, 4) is 5.75 Å². The van der Waals surface area contributed by atoms with Crippen LogP contribution in [-0.4, -0.2) is 28.2 Å². The minimum Gasteiger partial charge on any atom is -0.491 e. The number of anilines is 1. The third-order valence-corrected chi connectivity index (χ3v) is 3.85. The lowest BCUT2D eigenvalue weighted by Crippen LogP contribution is -2.34. The van der Waals surface area contributed by atoms with E-state index in [0.717, 1.165) is 6.42 Å². The Kier molecular flexibility index (Phi) is 6.68. The number of hydrogen-bond donors (Lipinski definition) is 3. The molecule has 7 heteroatoms. The molecule has 0 bridgehead atoms. The molecule has 136 valence electrons. The van der Waals surface area contributed by atoms with Crippen LogP contribution in [0.15, 0.2) is 48.5 Å². The van der Waals surface area contributed by atoms with E-state index < -0.39 is 5.97 Å².